The maximum absolute atomic E-state index is 5.77. The monoisotopic (exact) mass is 253 g/mol. The number of hydrogen-bond donors (Lipinski definition) is 1. The summed E-state index contributed by atoms with van der Waals surface area (Å²) in [6.07, 6.45) is 0. The number of hydrogen-bond acceptors (Lipinski definition) is 3. The van der Waals surface area contributed by atoms with Gasteiger partial charge >= 0.3 is 0 Å². The van der Waals surface area contributed by atoms with Crippen molar-refractivity contribution in [1.82, 2.24) is 5.32 Å². The van der Waals surface area contributed by atoms with Gasteiger partial charge in [-0.1, -0.05) is 19.1 Å². The lowest BCUT2D eigenvalue weighted by molar-refractivity contribution is 0.341. The predicted octanol–water partition coefficient (Wildman–Crippen LogP) is 3.41. The van der Waals surface area contributed by atoms with E-state index >= 15 is 0 Å². The van der Waals surface area contributed by atoms with E-state index in [4.69, 9.17) is 4.74 Å². The van der Waals surface area contributed by atoms with Gasteiger partial charge in [0, 0.05) is 11.8 Å². The summed E-state index contributed by atoms with van der Waals surface area (Å²) in [7, 11) is 1.98. The molecule has 0 aromatic heterocycles. The Morgan fingerprint density at radius 2 is 2.18 bits per heavy atom. The fourth-order valence-electron chi connectivity index (χ4n) is 1.63. The van der Waals surface area contributed by atoms with Crippen LogP contribution in [0.15, 0.2) is 18.2 Å². The van der Waals surface area contributed by atoms with Gasteiger partial charge < -0.3 is 10.1 Å². The van der Waals surface area contributed by atoms with E-state index < -0.39 is 0 Å². The molecule has 17 heavy (non-hydrogen) atoms. The smallest absolute Gasteiger partial charge is 0.122 e. The summed E-state index contributed by atoms with van der Waals surface area (Å²) >= 11 is 1.91. The van der Waals surface area contributed by atoms with E-state index in [-0.39, 0.29) is 0 Å². The molecule has 96 valence electrons. The molecule has 0 aliphatic rings. The second kappa shape index (κ2) is 7.62. The molecule has 1 aromatic carbocycles. The van der Waals surface area contributed by atoms with Crippen molar-refractivity contribution in [3.05, 3.63) is 29.3 Å². The Kier molecular flexibility index (Phi) is 6.45. The van der Waals surface area contributed by atoms with Crippen LogP contribution in [0.25, 0.3) is 0 Å². The quantitative estimate of drug-likeness (QED) is 0.752. The van der Waals surface area contributed by atoms with E-state index in [0.717, 1.165) is 23.9 Å². The van der Waals surface area contributed by atoms with E-state index in [1.54, 1.807) is 0 Å². The van der Waals surface area contributed by atoms with Crippen LogP contribution in [0.5, 0.6) is 5.75 Å². The van der Waals surface area contributed by atoms with Gasteiger partial charge in [-0.2, -0.15) is 11.8 Å². The third-order valence-electron chi connectivity index (χ3n) is 2.82. The molecule has 0 spiro atoms. The zero-order valence-corrected chi connectivity index (χ0v) is 12.1. The summed E-state index contributed by atoms with van der Waals surface area (Å²) < 4.78 is 5.77. The molecule has 0 saturated heterocycles. The van der Waals surface area contributed by atoms with Crippen LogP contribution in [-0.2, 0) is 0 Å². The van der Waals surface area contributed by atoms with Crippen molar-refractivity contribution in [3.8, 4) is 5.75 Å². The summed E-state index contributed by atoms with van der Waals surface area (Å²) in [5.41, 5.74) is 2.52. The lowest BCUT2D eigenvalue weighted by Gasteiger charge is -2.14. The average Bonchev–Trinajstić information content (AvgIpc) is 2.35. The molecule has 0 fully saturated rings. The highest BCUT2D eigenvalue weighted by molar-refractivity contribution is 7.99. The molecule has 0 saturated carbocycles. The van der Waals surface area contributed by atoms with Crippen LogP contribution in [0.3, 0.4) is 0 Å². The van der Waals surface area contributed by atoms with Crippen molar-refractivity contribution < 1.29 is 4.74 Å². The lowest BCUT2D eigenvalue weighted by atomic mass is 10.1. The number of benzene rings is 1. The molecule has 0 heterocycles. The molecular formula is C14H23NOS. The fraction of sp³-hybridized carbons (Fsp3) is 0.571. The van der Waals surface area contributed by atoms with Gasteiger partial charge in [-0.3, -0.25) is 0 Å². The summed E-state index contributed by atoms with van der Waals surface area (Å²) in [5.74, 6) is 3.22. The summed E-state index contributed by atoms with van der Waals surface area (Å²) in [4.78, 5) is 0. The van der Waals surface area contributed by atoms with Gasteiger partial charge in [0.1, 0.15) is 5.75 Å². The molecule has 1 rings (SSSR count). The first kappa shape index (κ1) is 14.4. The predicted molar refractivity (Wildman–Crippen MR) is 77.1 cm³/mol. The Labute approximate surface area is 109 Å². The SMILES string of the molecule is CCSCCOc1ccc(C(C)NC)cc1C. The zero-order valence-electron chi connectivity index (χ0n) is 11.2. The third-order valence-corrected chi connectivity index (χ3v) is 3.68. The van der Waals surface area contributed by atoms with Crippen LogP contribution < -0.4 is 10.1 Å². The number of ether oxygens (including phenoxy) is 1. The van der Waals surface area contributed by atoms with Crippen LogP contribution in [0.4, 0.5) is 0 Å². The normalized spacial score (nSPS) is 12.5. The van der Waals surface area contributed by atoms with Crippen LogP contribution in [0.2, 0.25) is 0 Å². The molecule has 0 bridgehead atoms. The molecule has 0 aliphatic carbocycles. The maximum atomic E-state index is 5.77. The van der Waals surface area contributed by atoms with Crippen LogP contribution in [-0.4, -0.2) is 25.2 Å². The lowest BCUT2D eigenvalue weighted by Crippen LogP contribution is -2.12. The number of nitrogens with one attached hydrogen (secondary N) is 1. The molecular weight excluding hydrogens is 230 g/mol. The largest absolute Gasteiger partial charge is 0.492 e. The summed E-state index contributed by atoms with van der Waals surface area (Å²) in [6, 6.07) is 6.80. The Hall–Kier alpha value is -0.670. The van der Waals surface area contributed by atoms with Gasteiger partial charge in [0.2, 0.25) is 0 Å². The van der Waals surface area contributed by atoms with Gasteiger partial charge in [-0.15, -0.1) is 0 Å². The second-order valence-corrected chi connectivity index (χ2v) is 5.47. The number of aryl methyl sites for hydroxylation is 1. The summed E-state index contributed by atoms with van der Waals surface area (Å²) in [5, 5.41) is 3.24. The van der Waals surface area contributed by atoms with Gasteiger partial charge in [0.25, 0.3) is 0 Å². The van der Waals surface area contributed by atoms with Crippen molar-refractivity contribution >= 4 is 11.8 Å². The Morgan fingerprint density at radius 3 is 2.76 bits per heavy atom. The van der Waals surface area contributed by atoms with E-state index in [1.807, 2.05) is 18.8 Å². The Morgan fingerprint density at radius 1 is 1.41 bits per heavy atom. The standard InChI is InChI=1S/C14H23NOS/c1-5-17-9-8-16-14-7-6-13(10-11(14)2)12(3)15-4/h6-7,10,12,15H,5,8-9H2,1-4H3. The number of rotatable bonds is 7. The van der Waals surface area contributed by atoms with Gasteiger partial charge in [-0.05, 0) is 43.8 Å². The first-order valence-corrected chi connectivity index (χ1v) is 7.32. The van der Waals surface area contributed by atoms with E-state index in [9.17, 15) is 0 Å². The van der Waals surface area contributed by atoms with Gasteiger partial charge in [-0.25, -0.2) is 0 Å². The van der Waals surface area contributed by atoms with Crippen LogP contribution >= 0.6 is 11.8 Å². The topological polar surface area (TPSA) is 21.3 Å². The zero-order chi connectivity index (χ0) is 12.7. The minimum Gasteiger partial charge on any atom is -0.492 e. The third kappa shape index (κ3) is 4.60. The minimum atomic E-state index is 0.387. The minimum absolute atomic E-state index is 0.387. The highest BCUT2D eigenvalue weighted by Crippen LogP contribution is 2.22. The van der Waals surface area contributed by atoms with E-state index in [1.165, 1.54) is 11.1 Å². The number of thioether (sulfide) groups is 1. The highest BCUT2D eigenvalue weighted by Gasteiger charge is 2.05. The molecule has 1 N–H and O–H groups in total. The van der Waals surface area contributed by atoms with Crippen LogP contribution in [0.1, 0.15) is 31.0 Å². The average molecular weight is 253 g/mol. The van der Waals surface area contributed by atoms with Crippen molar-refractivity contribution in [2.75, 3.05) is 25.2 Å². The molecule has 1 atom stereocenters. The molecule has 0 aliphatic heterocycles. The summed E-state index contributed by atoms with van der Waals surface area (Å²) in [6.45, 7) is 7.23. The molecule has 3 heteroatoms. The van der Waals surface area contributed by atoms with Crippen molar-refractivity contribution in [2.45, 2.75) is 26.8 Å². The van der Waals surface area contributed by atoms with Crippen molar-refractivity contribution in [1.29, 1.82) is 0 Å². The molecule has 1 unspecified atom stereocenters. The van der Waals surface area contributed by atoms with E-state index in [0.29, 0.717) is 6.04 Å². The maximum Gasteiger partial charge on any atom is 0.122 e. The van der Waals surface area contributed by atoms with Crippen LogP contribution in [0, 0.1) is 6.92 Å². The van der Waals surface area contributed by atoms with Gasteiger partial charge in [0.15, 0.2) is 0 Å². The first-order valence-electron chi connectivity index (χ1n) is 6.17. The molecule has 0 amide bonds. The molecule has 0 radical (unpaired) electrons. The fourth-order valence-corrected chi connectivity index (χ4v) is 2.12. The Balaban J connectivity index is 2.57. The van der Waals surface area contributed by atoms with Crippen molar-refractivity contribution in [3.63, 3.8) is 0 Å². The van der Waals surface area contributed by atoms with Gasteiger partial charge in [0.05, 0.1) is 6.61 Å². The molecule has 1 aromatic rings. The molecule has 2 nitrogen and oxygen atoms in total. The first-order chi connectivity index (χ1) is 8.19. The highest BCUT2D eigenvalue weighted by atomic mass is 32.2. The second-order valence-electron chi connectivity index (χ2n) is 4.08. The van der Waals surface area contributed by atoms with E-state index in [2.05, 4.69) is 44.3 Å². The van der Waals surface area contributed by atoms with Crippen molar-refractivity contribution in [2.24, 2.45) is 0 Å². The Bertz CT molecular complexity index is 341.